The molecule has 1 amide bonds. The van der Waals surface area contributed by atoms with E-state index in [0.717, 1.165) is 0 Å². The summed E-state index contributed by atoms with van der Waals surface area (Å²) in [4.78, 5) is 25.2. The average molecular weight is 338 g/mol. The number of carbonyl (C=O) groups is 1. The van der Waals surface area contributed by atoms with Crippen LogP contribution >= 0.6 is 22.6 Å². The van der Waals surface area contributed by atoms with Crippen molar-refractivity contribution in [2.75, 3.05) is 14.2 Å². The minimum Gasteiger partial charge on any atom is -0.482 e. The number of hydrogen-bond donors (Lipinski definition) is 2. The molecule has 0 bridgehead atoms. The summed E-state index contributed by atoms with van der Waals surface area (Å²) in [5.41, 5.74) is 0.103. The lowest BCUT2D eigenvalue weighted by Crippen LogP contribution is -2.22. The van der Waals surface area contributed by atoms with Crippen LogP contribution in [0.3, 0.4) is 0 Å². The van der Waals surface area contributed by atoms with Crippen LogP contribution in [-0.2, 0) is 6.54 Å². The summed E-state index contributed by atoms with van der Waals surface area (Å²) in [6.45, 7) is 0.115. The molecular formula is C9H11IN2O4. The predicted molar refractivity (Wildman–Crippen MR) is 66.4 cm³/mol. The minimum absolute atomic E-state index is 0.115. The van der Waals surface area contributed by atoms with Gasteiger partial charge in [0.15, 0.2) is 11.3 Å². The van der Waals surface area contributed by atoms with Gasteiger partial charge in [-0.15, -0.1) is 0 Å². The fraction of sp³-hybridized carbons (Fsp3) is 0.333. The summed E-state index contributed by atoms with van der Waals surface area (Å²) in [6, 6.07) is 1.30. The van der Waals surface area contributed by atoms with Gasteiger partial charge >= 0.3 is 0 Å². The molecule has 0 spiro atoms. The van der Waals surface area contributed by atoms with Crippen LogP contribution in [0.15, 0.2) is 10.9 Å². The molecule has 0 aliphatic rings. The van der Waals surface area contributed by atoms with Crippen LogP contribution in [0.1, 0.15) is 5.56 Å². The second kappa shape index (κ2) is 5.73. The highest BCUT2D eigenvalue weighted by molar-refractivity contribution is 14.1. The molecular weight excluding hydrogens is 327 g/mol. The summed E-state index contributed by atoms with van der Waals surface area (Å²) in [5, 5.41) is 2.52. The molecule has 0 radical (unpaired) electrons. The zero-order valence-electron chi connectivity index (χ0n) is 8.80. The number of rotatable bonds is 4. The lowest BCUT2D eigenvalue weighted by molar-refractivity contribution is 0.262. The van der Waals surface area contributed by atoms with Crippen LogP contribution in [-0.4, -0.2) is 23.1 Å². The zero-order chi connectivity index (χ0) is 12.1. The second-order valence-corrected chi connectivity index (χ2v) is 3.82. The number of aromatic amines is 1. The van der Waals surface area contributed by atoms with E-state index in [1.165, 1.54) is 20.3 Å². The number of ether oxygens (including phenoxy) is 2. The number of halogens is 1. The quantitative estimate of drug-likeness (QED) is 0.488. The monoisotopic (exact) mass is 338 g/mol. The van der Waals surface area contributed by atoms with Crippen LogP contribution in [0.25, 0.3) is 0 Å². The highest BCUT2D eigenvalue weighted by Gasteiger charge is 2.11. The number of amides is 1. The molecule has 6 nitrogen and oxygen atoms in total. The number of methoxy groups -OCH3 is 2. The average Bonchev–Trinajstić information content (AvgIpc) is 2.26. The van der Waals surface area contributed by atoms with Gasteiger partial charge < -0.3 is 14.8 Å². The third kappa shape index (κ3) is 3.12. The summed E-state index contributed by atoms with van der Waals surface area (Å²) >= 11 is 1.59. The highest BCUT2D eigenvalue weighted by Crippen LogP contribution is 2.15. The molecule has 1 rings (SSSR count). The number of pyridine rings is 1. The Balaban J connectivity index is 3.06. The van der Waals surface area contributed by atoms with Gasteiger partial charge in [0.2, 0.25) is 5.88 Å². The maximum Gasteiger partial charge on any atom is 0.280 e. The predicted octanol–water partition coefficient (Wildman–Crippen LogP) is 1.04. The molecule has 1 heterocycles. The first-order valence-electron chi connectivity index (χ1n) is 4.36. The first-order valence-corrected chi connectivity index (χ1v) is 5.44. The Morgan fingerprint density at radius 1 is 1.50 bits per heavy atom. The molecule has 0 unspecified atom stereocenters. The maximum atomic E-state index is 11.7. The number of H-pyrrole nitrogens is 1. The smallest absolute Gasteiger partial charge is 0.280 e. The largest absolute Gasteiger partial charge is 0.482 e. The van der Waals surface area contributed by atoms with E-state index in [2.05, 4.69) is 10.3 Å². The standard InChI is InChI=1S/C9H11IN2O4/c1-15-7-3-6(13)5(4-11-9(10)14)8(12-7)16-2/h3H,4H2,1-2H3,(H,11,14)(H,12,13). The van der Waals surface area contributed by atoms with E-state index in [4.69, 9.17) is 9.47 Å². The number of aromatic nitrogens is 1. The molecule has 7 heteroatoms. The van der Waals surface area contributed by atoms with Gasteiger partial charge in [-0.1, -0.05) is 0 Å². The molecule has 0 atom stereocenters. The summed E-state index contributed by atoms with van der Waals surface area (Å²) < 4.78 is 9.66. The van der Waals surface area contributed by atoms with Crippen molar-refractivity contribution in [2.24, 2.45) is 0 Å². The van der Waals surface area contributed by atoms with Crippen molar-refractivity contribution < 1.29 is 14.3 Å². The van der Waals surface area contributed by atoms with Crippen molar-refractivity contribution in [1.29, 1.82) is 0 Å². The topological polar surface area (TPSA) is 80.4 Å². The van der Waals surface area contributed by atoms with Crippen LogP contribution in [0.2, 0.25) is 0 Å². The fourth-order valence-electron chi connectivity index (χ4n) is 1.15. The lowest BCUT2D eigenvalue weighted by atomic mass is 10.2. The molecule has 1 aromatic heterocycles. The highest BCUT2D eigenvalue weighted by atomic mass is 127. The number of nitrogens with one attached hydrogen (secondary N) is 2. The number of hydrogen-bond acceptors (Lipinski definition) is 4. The van der Waals surface area contributed by atoms with Gasteiger partial charge in [-0.2, -0.15) is 0 Å². The van der Waals surface area contributed by atoms with E-state index >= 15 is 0 Å². The van der Waals surface area contributed by atoms with E-state index in [1.54, 1.807) is 22.6 Å². The molecule has 0 aromatic carbocycles. The Bertz CT molecular complexity index is 444. The summed E-state index contributed by atoms with van der Waals surface area (Å²) in [7, 11) is 2.87. The van der Waals surface area contributed by atoms with Gasteiger partial charge in [0.1, 0.15) is 0 Å². The first kappa shape index (κ1) is 12.8. The molecule has 0 aliphatic heterocycles. The molecule has 0 aliphatic carbocycles. The van der Waals surface area contributed by atoms with Gasteiger partial charge in [-0.05, 0) is 0 Å². The Labute approximate surface area is 105 Å². The Hall–Kier alpha value is -1.25. The molecule has 2 N–H and O–H groups in total. The Kier molecular flexibility index (Phi) is 4.59. The second-order valence-electron chi connectivity index (χ2n) is 2.84. The van der Waals surface area contributed by atoms with Crippen molar-refractivity contribution in [3.05, 3.63) is 21.9 Å². The van der Waals surface area contributed by atoms with Crippen LogP contribution < -0.4 is 20.2 Å². The third-order valence-electron chi connectivity index (χ3n) is 1.90. The van der Waals surface area contributed by atoms with E-state index in [1.807, 2.05) is 0 Å². The third-order valence-corrected chi connectivity index (χ3v) is 2.28. The van der Waals surface area contributed by atoms with E-state index in [0.29, 0.717) is 11.4 Å². The molecule has 0 saturated heterocycles. The first-order chi connectivity index (χ1) is 7.58. The molecule has 0 saturated carbocycles. The van der Waals surface area contributed by atoms with Gasteiger partial charge in [0.25, 0.3) is 3.91 Å². The Morgan fingerprint density at radius 2 is 2.19 bits per heavy atom. The SMILES string of the molecule is COc1cc(=O)c(CNC(=O)I)c(OC)[nH]1. The lowest BCUT2D eigenvalue weighted by Gasteiger charge is -2.09. The van der Waals surface area contributed by atoms with Gasteiger partial charge in [-0.3, -0.25) is 14.6 Å². The maximum absolute atomic E-state index is 11.7. The van der Waals surface area contributed by atoms with E-state index in [-0.39, 0.29) is 21.8 Å². The molecule has 0 fully saturated rings. The van der Waals surface area contributed by atoms with E-state index in [9.17, 15) is 9.59 Å². The zero-order valence-corrected chi connectivity index (χ0v) is 11.0. The van der Waals surface area contributed by atoms with Crippen molar-refractivity contribution in [3.63, 3.8) is 0 Å². The van der Waals surface area contributed by atoms with Crippen LogP contribution in [0, 0.1) is 0 Å². The molecule has 16 heavy (non-hydrogen) atoms. The van der Waals surface area contributed by atoms with Crippen LogP contribution in [0.5, 0.6) is 11.8 Å². The Morgan fingerprint density at radius 3 is 2.69 bits per heavy atom. The fourth-order valence-corrected chi connectivity index (χ4v) is 1.34. The van der Waals surface area contributed by atoms with Crippen molar-refractivity contribution in [1.82, 2.24) is 10.3 Å². The van der Waals surface area contributed by atoms with Crippen molar-refractivity contribution in [2.45, 2.75) is 6.54 Å². The van der Waals surface area contributed by atoms with Crippen LogP contribution in [0.4, 0.5) is 4.79 Å². The van der Waals surface area contributed by atoms with Gasteiger partial charge in [0.05, 0.1) is 26.3 Å². The van der Waals surface area contributed by atoms with Gasteiger partial charge in [0, 0.05) is 28.7 Å². The van der Waals surface area contributed by atoms with Gasteiger partial charge in [-0.25, -0.2) is 0 Å². The normalized spacial score (nSPS) is 9.69. The van der Waals surface area contributed by atoms with E-state index < -0.39 is 0 Å². The molecule has 1 aromatic rings. The number of carbonyl (C=O) groups excluding carboxylic acids is 1. The molecule has 88 valence electrons. The van der Waals surface area contributed by atoms with Crippen molar-refractivity contribution in [3.8, 4) is 11.8 Å². The summed E-state index contributed by atoms with van der Waals surface area (Å²) in [6.07, 6.45) is 0. The minimum atomic E-state index is -0.252. The summed E-state index contributed by atoms with van der Waals surface area (Å²) in [5.74, 6) is 0.598. The van der Waals surface area contributed by atoms with Crippen molar-refractivity contribution >= 4 is 26.5 Å².